The van der Waals surface area contributed by atoms with Crippen molar-refractivity contribution in [3.8, 4) is 11.4 Å². The lowest BCUT2D eigenvalue weighted by atomic mass is 9.87. The van der Waals surface area contributed by atoms with Crippen LogP contribution in [0, 0.1) is 10.1 Å². The zero-order valence-electron chi connectivity index (χ0n) is 16.5. The summed E-state index contributed by atoms with van der Waals surface area (Å²) >= 11 is 0. The molecule has 150 valence electrons. The molecular weight excluding hydrogens is 372 g/mol. The first-order chi connectivity index (χ1) is 13.7. The van der Waals surface area contributed by atoms with Gasteiger partial charge in [0, 0.05) is 24.5 Å². The molecule has 0 unspecified atom stereocenters. The maximum Gasteiger partial charge on any atom is 0.292 e. The van der Waals surface area contributed by atoms with Gasteiger partial charge in [0.25, 0.3) is 5.69 Å². The molecular formula is C21H22N4O4. The van der Waals surface area contributed by atoms with E-state index in [1.165, 1.54) is 17.7 Å². The lowest BCUT2D eigenvalue weighted by Crippen LogP contribution is -2.13. The van der Waals surface area contributed by atoms with Crippen molar-refractivity contribution in [2.75, 3.05) is 5.32 Å². The number of amides is 1. The molecule has 0 spiro atoms. The third kappa shape index (κ3) is 5.04. The summed E-state index contributed by atoms with van der Waals surface area (Å²) in [7, 11) is 0. The highest BCUT2D eigenvalue weighted by Gasteiger charge is 2.17. The number of carbonyl (C=O) groups excluding carboxylic acids is 1. The average molecular weight is 394 g/mol. The summed E-state index contributed by atoms with van der Waals surface area (Å²) in [6.07, 6.45) is 0.302. The molecule has 1 heterocycles. The van der Waals surface area contributed by atoms with Crippen LogP contribution in [-0.2, 0) is 16.6 Å². The molecule has 2 aromatic carbocycles. The Balaban J connectivity index is 1.61. The van der Waals surface area contributed by atoms with E-state index in [2.05, 4.69) is 36.2 Å². The highest BCUT2D eigenvalue weighted by molar-refractivity contribution is 5.93. The number of anilines is 1. The first-order valence-electron chi connectivity index (χ1n) is 9.21. The van der Waals surface area contributed by atoms with Crippen molar-refractivity contribution < 1.29 is 14.2 Å². The van der Waals surface area contributed by atoms with Crippen molar-refractivity contribution in [2.24, 2.45) is 0 Å². The highest BCUT2D eigenvalue weighted by atomic mass is 16.6. The Kier molecular flexibility index (Phi) is 5.72. The Labute approximate surface area is 168 Å². The molecule has 8 heteroatoms. The van der Waals surface area contributed by atoms with Gasteiger partial charge in [0.2, 0.25) is 17.6 Å². The van der Waals surface area contributed by atoms with Gasteiger partial charge in [-0.25, -0.2) is 0 Å². The van der Waals surface area contributed by atoms with E-state index >= 15 is 0 Å². The zero-order chi connectivity index (χ0) is 21.0. The molecule has 0 atom stereocenters. The van der Waals surface area contributed by atoms with Gasteiger partial charge >= 0.3 is 0 Å². The number of nitro groups is 1. The predicted octanol–water partition coefficient (Wildman–Crippen LogP) is 4.51. The first-order valence-corrected chi connectivity index (χ1v) is 9.21. The fraction of sp³-hybridized carbons (Fsp3) is 0.286. The lowest BCUT2D eigenvalue weighted by Gasteiger charge is -2.18. The lowest BCUT2D eigenvalue weighted by molar-refractivity contribution is -0.383. The molecule has 1 N–H and O–H groups in total. The van der Waals surface area contributed by atoms with Gasteiger partial charge < -0.3 is 9.84 Å². The Morgan fingerprint density at radius 2 is 1.83 bits per heavy atom. The Hall–Kier alpha value is -3.55. The molecule has 0 fully saturated rings. The average Bonchev–Trinajstić information content (AvgIpc) is 3.15. The fourth-order valence-electron chi connectivity index (χ4n) is 2.76. The molecule has 1 amide bonds. The van der Waals surface area contributed by atoms with Gasteiger partial charge in [-0.2, -0.15) is 4.98 Å². The van der Waals surface area contributed by atoms with E-state index < -0.39 is 4.92 Å². The minimum absolute atomic E-state index is 0.0577. The van der Waals surface area contributed by atoms with E-state index in [0.29, 0.717) is 11.7 Å². The molecule has 0 aliphatic carbocycles. The van der Waals surface area contributed by atoms with Gasteiger partial charge in [-0.1, -0.05) is 62.3 Å². The van der Waals surface area contributed by atoms with Crippen LogP contribution in [0.2, 0.25) is 0 Å². The van der Waals surface area contributed by atoms with Gasteiger partial charge in [0.15, 0.2) is 0 Å². The third-order valence-electron chi connectivity index (χ3n) is 4.42. The molecule has 0 aliphatic rings. The quantitative estimate of drug-likeness (QED) is 0.486. The second-order valence-corrected chi connectivity index (χ2v) is 7.66. The van der Waals surface area contributed by atoms with Gasteiger partial charge in [-0.15, -0.1) is 0 Å². The van der Waals surface area contributed by atoms with Crippen molar-refractivity contribution in [1.82, 2.24) is 10.1 Å². The van der Waals surface area contributed by atoms with Crippen LogP contribution in [0.5, 0.6) is 0 Å². The summed E-state index contributed by atoms with van der Waals surface area (Å²) in [4.78, 5) is 27.0. The first kappa shape index (κ1) is 20.2. The van der Waals surface area contributed by atoms with E-state index in [4.69, 9.17) is 4.52 Å². The molecule has 8 nitrogen and oxygen atoms in total. The summed E-state index contributed by atoms with van der Waals surface area (Å²) in [5, 5.41) is 17.5. The van der Waals surface area contributed by atoms with Gasteiger partial charge in [0.1, 0.15) is 5.69 Å². The number of carbonyl (C=O) groups is 1. The van der Waals surface area contributed by atoms with E-state index in [0.717, 1.165) is 5.56 Å². The van der Waals surface area contributed by atoms with Crippen LogP contribution >= 0.6 is 0 Å². The summed E-state index contributed by atoms with van der Waals surface area (Å²) in [5.74, 6) is 0.422. The molecule has 3 aromatic rings. The highest BCUT2D eigenvalue weighted by Crippen LogP contribution is 2.25. The SMILES string of the molecule is CC(C)(C)c1ccc(-c2noc(CCC(=O)Nc3ccccc3[N+](=O)[O-])n2)cc1. The number of hydrogen-bond donors (Lipinski definition) is 1. The van der Waals surface area contributed by atoms with E-state index in [1.807, 2.05) is 24.3 Å². The van der Waals surface area contributed by atoms with Crippen molar-refractivity contribution in [3.05, 3.63) is 70.1 Å². The maximum absolute atomic E-state index is 12.1. The van der Waals surface area contributed by atoms with E-state index in [1.54, 1.807) is 12.1 Å². The Morgan fingerprint density at radius 1 is 1.14 bits per heavy atom. The number of para-hydroxylation sites is 2. The van der Waals surface area contributed by atoms with Crippen molar-refractivity contribution in [3.63, 3.8) is 0 Å². The second-order valence-electron chi connectivity index (χ2n) is 7.66. The van der Waals surface area contributed by atoms with Crippen LogP contribution in [0.1, 0.15) is 38.6 Å². The van der Waals surface area contributed by atoms with Crippen molar-refractivity contribution in [1.29, 1.82) is 0 Å². The van der Waals surface area contributed by atoms with Crippen LogP contribution in [0.25, 0.3) is 11.4 Å². The van der Waals surface area contributed by atoms with E-state index in [9.17, 15) is 14.9 Å². The molecule has 0 bridgehead atoms. The van der Waals surface area contributed by atoms with E-state index in [-0.39, 0.29) is 35.5 Å². The summed E-state index contributed by atoms with van der Waals surface area (Å²) in [5.41, 5.74) is 2.10. The summed E-state index contributed by atoms with van der Waals surface area (Å²) in [6, 6.07) is 13.9. The fourth-order valence-corrected chi connectivity index (χ4v) is 2.76. The van der Waals surface area contributed by atoms with Gasteiger partial charge in [-0.05, 0) is 17.0 Å². The Bertz CT molecular complexity index is 1020. The molecule has 29 heavy (non-hydrogen) atoms. The number of nitrogens with one attached hydrogen (secondary N) is 1. The number of hydrogen-bond acceptors (Lipinski definition) is 6. The third-order valence-corrected chi connectivity index (χ3v) is 4.42. The maximum atomic E-state index is 12.1. The normalized spacial score (nSPS) is 11.3. The second kappa shape index (κ2) is 8.22. The van der Waals surface area contributed by atoms with Crippen LogP contribution < -0.4 is 5.32 Å². The summed E-state index contributed by atoms with van der Waals surface area (Å²) in [6.45, 7) is 6.43. The molecule has 1 aromatic heterocycles. The van der Waals surface area contributed by atoms with Gasteiger partial charge in [0.05, 0.1) is 4.92 Å². The minimum atomic E-state index is -0.537. The standard InChI is InChI=1S/C21H22N4O4/c1-21(2,3)15-10-8-14(9-11-15)20-23-19(29-24-20)13-12-18(26)22-16-6-4-5-7-17(16)25(27)28/h4-11H,12-13H2,1-3H3,(H,22,26). The van der Waals surface area contributed by atoms with Gasteiger partial charge in [-0.3, -0.25) is 14.9 Å². The number of rotatable bonds is 6. The molecule has 0 saturated carbocycles. The topological polar surface area (TPSA) is 111 Å². The zero-order valence-corrected chi connectivity index (χ0v) is 16.5. The number of benzene rings is 2. The van der Waals surface area contributed by atoms with Crippen molar-refractivity contribution in [2.45, 2.75) is 39.0 Å². The molecule has 0 aliphatic heterocycles. The predicted molar refractivity (Wildman–Crippen MR) is 108 cm³/mol. The van der Waals surface area contributed by atoms with Crippen LogP contribution in [-0.4, -0.2) is 21.0 Å². The number of aryl methyl sites for hydroxylation is 1. The number of aromatic nitrogens is 2. The number of nitrogens with zero attached hydrogens (tertiary/aromatic N) is 3. The summed E-state index contributed by atoms with van der Waals surface area (Å²) < 4.78 is 5.23. The Morgan fingerprint density at radius 3 is 2.48 bits per heavy atom. The van der Waals surface area contributed by atoms with Crippen LogP contribution in [0.4, 0.5) is 11.4 Å². The number of nitro benzene ring substituents is 1. The molecule has 3 rings (SSSR count). The monoisotopic (exact) mass is 394 g/mol. The molecule has 0 saturated heterocycles. The van der Waals surface area contributed by atoms with Crippen LogP contribution in [0.3, 0.4) is 0 Å². The minimum Gasteiger partial charge on any atom is -0.339 e. The van der Waals surface area contributed by atoms with Crippen LogP contribution in [0.15, 0.2) is 53.1 Å². The van der Waals surface area contributed by atoms with Crippen molar-refractivity contribution >= 4 is 17.3 Å². The molecule has 0 radical (unpaired) electrons. The largest absolute Gasteiger partial charge is 0.339 e. The smallest absolute Gasteiger partial charge is 0.292 e.